The minimum absolute atomic E-state index is 0.00621. The molecule has 2 aromatic rings. The molecule has 26 heavy (non-hydrogen) atoms. The lowest BCUT2D eigenvalue weighted by molar-refractivity contribution is -0.104. The van der Waals surface area contributed by atoms with Crippen LogP contribution in [0.25, 0.3) is 0 Å². The Labute approximate surface area is 158 Å². The minimum Gasteiger partial charge on any atom is -0.474 e. The van der Waals surface area contributed by atoms with Gasteiger partial charge < -0.3 is 14.2 Å². The molecule has 6 nitrogen and oxygen atoms in total. The standard InChI is InChI=1S/C16H18FN3O3S.C2H6/c1-9(5-14-20-8-21-14)22-15-10(2)16(19-7-18-15)23-13-4-3-11(24)6-12(13)17;1-2/h3-4,6-7,9,14,20,24H,5,8H2,1-2H3;1-2H3. The Morgan fingerprint density at radius 2 is 2.04 bits per heavy atom. The Hall–Kier alpha value is -1.90. The van der Waals surface area contributed by atoms with Crippen LogP contribution in [0.15, 0.2) is 29.4 Å². The quantitative estimate of drug-likeness (QED) is 0.735. The summed E-state index contributed by atoms with van der Waals surface area (Å²) >= 11 is 4.09. The van der Waals surface area contributed by atoms with Crippen LogP contribution in [0.5, 0.6) is 17.5 Å². The molecule has 0 amide bonds. The van der Waals surface area contributed by atoms with Gasteiger partial charge in [0.15, 0.2) is 11.6 Å². The van der Waals surface area contributed by atoms with Crippen LogP contribution in [0.3, 0.4) is 0 Å². The molecule has 1 saturated heterocycles. The van der Waals surface area contributed by atoms with Crippen molar-refractivity contribution < 1.29 is 18.6 Å². The molecule has 2 heterocycles. The monoisotopic (exact) mass is 381 g/mol. The van der Waals surface area contributed by atoms with Gasteiger partial charge in [0.1, 0.15) is 25.4 Å². The first kappa shape index (κ1) is 20.4. The molecule has 0 saturated carbocycles. The predicted molar refractivity (Wildman–Crippen MR) is 99.4 cm³/mol. The summed E-state index contributed by atoms with van der Waals surface area (Å²) in [5.41, 5.74) is 0.598. The Kier molecular flexibility index (Phi) is 7.62. The molecule has 0 radical (unpaired) electrons. The normalized spacial score (nSPS) is 16.8. The largest absolute Gasteiger partial charge is 0.474 e. The number of hydrogen-bond acceptors (Lipinski definition) is 7. The van der Waals surface area contributed by atoms with Gasteiger partial charge in [-0.3, -0.25) is 5.32 Å². The second kappa shape index (κ2) is 9.70. The summed E-state index contributed by atoms with van der Waals surface area (Å²) in [6.45, 7) is 8.26. The van der Waals surface area contributed by atoms with Gasteiger partial charge in [0.05, 0.1) is 5.56 Å². The maximum Gasteiger partial charge on any atom is 0.229 e. The topological polar surface area (TPSA) is 65.5 Å². The van der Waals surface area contributed by atoms with Crippen molar-refractivity contribution in [1.82, 2.24) is 15.3 Å². The van der Waals surface area contributed by atoms with Crippen molar-refractivity contribution in [3.63, 3.8) is 0 Å². The van der Waals surface area contributed by atoms with Crippen LogP contribution in [0.1, 0.15) is 32.8 Å². The first-order valence-electron chi connectivity index (χ1n) is 8.52. The van der Waals surface area contributed by atoms with Crippen molar-refractivity contribution in [3.8, 4) is 17.5 Å². The predicted octanol–water partition coefficient (Wildman–Crippen LogP) is 4.09. The van der Waals surface area contributed by atoms with E-state index in [0.717, 1.165) is 0 Å². The first-order chi connectivity index (χ1) is 12.5. The molecule has 0 aliphatic carbocycles. The zero-order valence-electron chi connectivity index (χ0n) is 15.3. The van der Waals surface area contributed by atoms with E-state index < -0.39 is 5.82 Å². The lowest BCUT2D eigenvalue weighted by Gasteiger charge is -2.30. The molecule has 3 rings (SSSR count). The van der Waals surface area contributed by atoms with Crippen LogP contribution in [0, 0.1) is 12.7 Å². The number of rotatable bonds is 6. The molecule has 1 aromatic carbocycles. The summed E-state index contributed by atoms with van der Waals surface area (Å²) in [6, 6.07) is 4.42. The van der Waals surface area contributed by atoms with Gasteiger partial charge in [0.25, 0.3) is 0 Å². The SMILES string of the molecule is CC.Cc1c(Oc2ccc(S)cc2F)ncnc1OC(C)CC1NCO1. The van der Waals surface area contributed by atoms with Crippen molar-refractivity contribution >= 4 is 12.6 Å². The number of halogens is 1. The van der Waals surface area contributed by atoms with Crippen LogP contribution in [0.4, 0.5) is 4.39 Å². The summed E-state index contributed by atoms with van der Waals surface area (Å²) in [7, 11) is 0. The van der Waals surface area contributed by atoms with Crippen molar-refractivity contribution in [3.05, 3.63) is 35.9 Å². The van der Waals surface area contributed by atoms with Gasteiger partial charge in [0, 0.05) is 11.3 Å². The van der Waals surface area contributed by atoms with Gasteiger partial charge in [-0.2, -0.15) is 0 Å². The van der Waals surface area contributed by atoms with Crippen LogP contribution in [0.2, 0.25) is 0 Å². The fraction of sp³-hybridized carbons (Fsp3) is 0.444. The van der Waals surface area contributed by atoms with Crippen LogP contribution >= 0.6 is 12.6 Å². The molecular weight excluding hydrogens is 357 g/mol. The van der Waals surface area contributed by atoms with E-state index in [1.807, 2.05) is 20.8 Å². The zero-order chi connectivity index (χ0) is 19.1. The minimum atomic E-state index is -0.510. The highest BCUT2D eigenvalue weighted by Crippen LogP contribution is 2.30. The van der Waals surface area contributed by atoms with E-state index in [1.165, 1.54) is 18.5 Å². The Morgan fingerprint density at radius 3 is 2.65 bits per heavy atom. The fourth-order valence-corrected chi connectivity index (χ4v) is 2.40. The number of nitrogens with zero attached hydrogens (tertiary/aromatic N) is 2. The highest BCUT2D eigenvalue weighted by Gasteiger charge is 2.22. The van der Waals surface area contributed by atoms with Gasteiger partial charge in [-0.15, -0.1) is 12.6 Å². The number of thiol groups is 1. The third-order valence-electron chi connectivity index (χ3n) is 3.57. The smallest absolute Gasteiger partial charge is 0.229 e. The molecule has 2 unspecified atom stereocenters. The van der Waals surface area contributed by atoms with Crippen molar-refractivity contribution in [1.29, 1.82) is 0 Å². The Bertz CT molecular complexity index is 729. The second-order valence-corrected chi connectivity index (χ2v) is 6.01. The van der Waals surface area contributed by atoms with Gasteiger partial charge in [-0.1, -0.05) is 13.8 Å². The van der Waals surface area contributed by atoms with E-state index in [2.05, 4.69) is 27.9 Å². The molecule has 1 aromatic heterocycles. The molecule has 1 fully saturated rings. The van der Waals surface area contributed by atoms with Gasteiger partial charge in [-0.05, 0) is 32.0 Å². The van der Waals surface area contributed by atoms with E-state index in [0.29, 0.717) is 29.5 Å². The van der Waals surface area contributed by atoms with Crippen molar-refractivity contribution in [2.24, 2.45) is 0 Å². The number of benzene rings is 1. The molecule has 1 aliphatic rings. The first-order valence-corrected chi connectivity index (χ1v) is 8.97. The zero-order valence-corrected chi connectivity index (χ0v) is 16.2. The summed E-state index contributed by atoms with van der Waals surface area (Å²) in [4.78, 5) is 8.70. The number of hydrogen-bond donors (Lipinski definition) is 2. The third-order valence-corrected chi connectivity index (χ3v) is 3.85. The van der Waals surface area contributed by atoms with Gasteiger partial charge >= 0.3 is 0 Å². The summed E-state index contributed by atoms with van der Waals surface area (Å²) < 4.78 is 30.6. The van der Waals surface area contributed by atoms with Crippen LogP contribution < -0.4 is 14.8 Å². The Balaban J connectivity index is 0.00000117. The van der Waals surface area contributed by atoms with E-state index in [1.54, 1.807) is 13.0 Å². The molecule has 1 N–H and O–H groups in total. The van der Waals surface area contributed by atoms with Crippen LogP contribution in [-0.2, 0) is 4.74 Å². The maximum atomic E-state index is 13.9. The summed E-state index contributed by atoms with van der Waals surface area (Å²) in [5, 5.41) is 3.12. The van der Waals surface area contributed by atoms with E-state index in [-0.39, 0.29) is 24.0 Å². The third kappa shape index (κ3) is 5.30. The molecule has 0 bridgehead atoms. The number of aromatic nitrogens is 2. The van der Waals surface area contributed by atoms with Gasteiger partial charge in [0.2, 0.25) is 11.8 Å². The summed E-state index contributed by atoms with van der Waals surface area (Å²) in [6.07, 6.45) is 1.92. The van der Waals surface area contributed by atoms with Crippen LogP contribution in [-0.4, -0.2) is 29.0 Å². The van der Waals surface area contributed by atoms with Crippen molar-refractivity contribution in [2.75, 3.05) is 6.73 Å². The highest BCUT2D eigenvalue weighted by atomic mass is 32.1. The molecule has 142 valence electrons. The second-order valence-electron chi connectivity index (χ2n) is 5.49. The number of ether oxygens (including phenoxy) is 3. The average Bonchev–Trinajstić information content (AvgIpc) is 2.59. The molecule has 1 aliphatic heterocycles. The molecular formula is C18H24FN3O3S. The summed E-state index contributed by atoms with van der Waals surface area (Å²) in [5.74, 6) is 0.208. The maximum absolute atomic E-state index is 13.9. The molecule has 2 atom stereocenters. The average molecular weight is 381 g/mol. The highest BCUT2D eigenvalue weighted by molar-refractivity contribution is 7.80. The van der Waals surface area contributed by atoms with E-state index >= 15 is 0 Å². The molecule has 8 heteroatoms. The van der Waals surface area contributed by atoms with Crippen molar-refractivity contribution in [2.45, 2.75) is 51.3 Å². The number of nitrogens with one attached hydrogen (secondary N) is 1. The fourth-order valence-electron chi connectivity index (χ4n) is 2.21. The lowest BCUT2D eigenvalue weighted by Crippen LogP contribution is -2.48. The Morgan fingerprint density at radius 1 is 1.35 bits per heavy atom. The van der Waals surface area contributed by atoms with Gasteiger partial charge in [-0.25, -0.2) is 14.4 Å². The van der Waals surface area contributed by atoms with E-state index in [9.17, 15) is 4.39 Å². The van der Waals surface area contributed by atoms with E-state index in [4.69, 9.17) is 14.2 Å². The lowest BCUT2D eigenvalue weighted by atomic mass is 10.2. The molecule has 0 spiro atoms.